The topological polar surface area (TPSA) is 19.4 Å². The van der Waals surface area contributed by atoms with Crippen molar-refractivity contribution in [3.8, 4) is 112 Å². The molecule has 0 spiro atoms. The fourth-order valence-corrected chi connectivity index (χ4v) is 18.7. The molecule has 0 atom stereocenters. The lowest BCUT2D eigenvalue weighted by molar-refractivity contribution is -0.661. The van der Waals surface area contributed by atoms with Crippen LogP contribution in [0.2, 0.25) is 39.3 Å². The van der Waals surface area contributed by atoms with Gasteiger partial charge in [-0.3, -0.25) is 0 Å². The Labute approximate surface area is 759 Å². The highest BCUT2D eigenvalue weighted by Crippen LogP contribution is 2.38. The van der Waals surface area contributed by atoms with E-state index in [9.17, 15) is 0 Å². The van der Waals surface area contributed by atoms with Crippen LogP contribution in [0.4, 0.5) is 0 Å². The van der Waals surface area contributed by atoms with Gasteiger partial charge in [0.2, 0.25) is 28.5 Å². The second kappa shape index (κ2) is 39.1. The van der Waals surface area contributed by atoms with Crippen molar-refractivity contribution in [2.45, 2.75) is 163 Å². The highest BCUT2D eigenvalue weighted by molar-refractivity contribution is 6.89. The molecule has 0 bridgehead atoms. The molecule has 7 heteroatoms. The standard InChI is InChI=1S/C25H30N.C24H30NSi.C23H28NSi.C22H24N.C21H22N/c1-18-12-13-21(20-10-8-7-9-11-20)15-23(18)24-14-19(2)22(17-26(24)6)16-25(3,4)5;1-17-13-18(2)22(15-21(17)20-11-9-8-10-12-20)23-14-19(3)24(16-25(23)4)26(5,6)7;1-17-14-18(2)22(15-21(17)19-10-8-7-9-11-19)23-13-12-20(16-24(23)3)25(4,5)6;1-15-12-22(23(5)14-18(15)4)21-13-20(16(2)11-17(21)3)19-9-7-6-8-10-19;1-15-10-11-22(4)21(12-15)20-14-19(16(2)13-17(20)3)18-8-6-5-7-9-18/h7-15,17H,16H2,1-6H3;8-16H,1-7H3;7-16H,1-6H3;6-14H,1-5H3;5-14H,1-4H3/q5*+1/i16D2;2*1D3;2D3,4D3;2D3. The van der Waals surface area contributed by atoms with Gasteiger partial charge >= 0.3 is 0 Å². The van der Waals surface area contributed by atoms with E-state index in [0.717, 1.165) is 123 Å². The zero-order valence-electron chi connectivity index (χ0n) is 92.9. The summed E-state index contributed by atoms with van der Waals surface area (Å²) in [6.45, 7) is 27.1. The Hall–Kier alpha value is -11.6. The summed E-state index contributed by atoms with van der Waals surface area (Å²) in [7, 11) is 7.14. The van der Waals surface area contributed by atoms with Crippen molar-refractivity contribution >= 4 is 26.5 Å². The molecule has 622 valence electrons. The Morgan fingerprint density at radius 1 is 0.262 bits per heavy atom. The van der Waals surface area contributed by atoms with E-state index in [1.54, 1.807) is 23.8 Å². The van der Waals surface area contributed by atoms with Gasteiger partial charge in [-0.05, 0) is 267 Å². The molecule has 0 amide bonds. The van der Waals surface area contributed by atoms with E-state index >= 15 is 0 Å². The first-order valence-corrected chi connectivity index (χ1v) is 49.1. The smallest absolute Gasteiger partial charge is 0.201 e. The van der Waals surface area contributed by atoms with E-state index in [0.29, 0.717) is 38.9 Å². The quantitative estimate of drug-likeness (QED) is 0.0810. The van der Waals surface area contributed by atoms with E-state index in [4.69, 9.17) is 23.3 Å². The average Bonchev–Trinajstić information content (AvgIpc) is 0.762. The van der Waals surface area contributed by atoms with Crippen LogP contribution in [0.5, 0.6) is 0 Å². The van der Waals surface area contributed by atoms with Gasteiger partial charge in [-0.25, -0.2) is 22.8 Å². The molecule has 0 saturated heterocycles. The number of nitrogens with zero attached hydrogens (tertiary/aromatic N) is 5. The van der Waals surface area contributed by atoms with Crippen molar-refractivity contribution in [2.24, 2.45) is 40.7 Å². The maximum Gasteiger partial charge on any atom is 0.212 e. The van der Waals surface area contributed by atoms with Crippen LogP contribution in [-0.2, 0) is 41.6 Å². The van der Waals surface area contributed by atoms with Crippen molar-refractivity contribution < 1.29 is 46.1 Å². The lowest BCUT2D eigenvalue weighted by Gasteiger charge is -2.19. The number of hydrogen-bond acceptors (Lipinski definition) is 0. The van der Waals surface area contributed by atoms with Gasteiger partial charge in [-0.1, -0.05) is 254 Å². The van der Waals surface area contributed by atoms with Crippen molar-refractivity contribution in [1.82, 2.24) is 0 Å². The molecule has 15 aromatic rings. The van der Waals surface area contributed by atoms with E-state index < -0.39 is 62.2 Å². The molecule has 0 N–H and O–H groups in total. The van der Waals surface area contributed by atoms with Gasteiger partial charge in [0, 0.05) is 109 Å². The number of aromatic nitrogens is 5. The summed E-state index contributed by atoms with van der Waals surface area (Å²) < 4.78 is 147. The molecule has 0 radical (unpaired) electrons. The molecule has 0 aliphatic carbocycles. The Bertz CT molecular complexity index is 6780. The van der Waals surface area contributed by atoms with E-state index in [-0.39, 0.29) is 0 Å². The third-order valence-electron chi connectivity index (χ3n) is 22.6. The Morgan fingerprint density at radius 2 is 0.615 bits per heavy atom. The van der Waals surface area contributed by atoms with Crippen molar-refractivity contribution in [3.63, 3.8) is 0 Å². The molecular weight excluding hydrogens is 1510 g/mol. The Kier molecular flexibility index (Phi) is 22.4. The maximum atomic E-state index is 8.67. The fourth-order valence-electron chi connectivity index (χ4n) is 15.7. The van der Waals surface area contributed by atoms with Crippen LogP contribution in [0.3, 0.4) is 0 Å². The predicted octanol–water partition coefficient (Wildman–Crippen LogP) is 26.2. The van der Waals surface area contributed by atoms with E-state index in [1.807, 2.05) is 259 Å². The van der Waals surface area contributed by atoms with Crippen LogP contribution in [0.25, 0.3) is 112 Å². The second-order valence-electron chi connectivity index (χ2n) is 35.8. The summed E-state index contributed by atoms with van der Waals surface area (Å²) in [6.07, 6.45) is 8.71. The van der Waals surface area contributed by atoms with Crippen LogP contribution in [0.15, 0.2) is 292 Å². The lowest BCUT2D eigenvalue weighted by Crippen LogP contribution is -2.46. The third-order valence-corrected chi connectivity index (χ3v) is 26.8. The summed E-state index contributed by atoms with van der Waals surface area (Å²) in [5.74, 6) is 0. The van der Waals surface area contributed by atoms with Crippen molar-refractivity contribution in [2.75, 3.05) is 0 Å². The lowest BCUT2D eigenvalue weighted by atomic mass is 9.86. The number of rotatable bonds is 13. The maximum absolute atomic E-state index is 8.67. The van der Waals surface area contributed by atoms with Gasteiger partial charge in [0.15, 0.2) is 31.0 Å². The molecule has 0 aliphatic rings. The van der Waals surface area contributed by atoms with Gasteiger partial charge in [0.25, 0.3) is 0 Å². The monoisotopic (exact) mass is 1660 g/mol. The molecule has 5 nitrogen and oxygen atoms in total. The van der Waals surface area contributed by atoms with E-state index in [1.165, 1.54) is 43.8 Å². The van der Waals surface area contributed by atoms with Crippen LogP contribution in [0, 0.1) is 102 Å². The molecule has 5 aromatic heterocycles. The molecule has 5 heterocycles. The van der Waals surface area contributed by atoms with Crippen molar-refractivity contribution in [3.05, 3.63) is 375 Å². The highest BCUT2D eigenvalue weighted by atomic mass is 28.3. The number of hydrogen-bond donors (Lipinski definition) is 0. The molecule has 0 aliphatic heterocycles. The Morgan fingerprint density at radius 3 is 1.00 bits per heavy atom. The first-order valence-electron chi connectivity index (χ1n) is 50.6. The van der Waals surface area contributed by atoms with Gasteiger partial charge < -0.3 is 0 Å². The normalized spacial score (nSPS) is 14.0. The first kappa shape index (κ1) is 70.0. The zero-order valence-corrected chi connectivity index (χ0v) is 77.9. The van der Waals surface area contributed by atoms with Gasteiger partial charge in [0.05, 0.1) is 16.1 Å². The predicted molar refractivity (Wildman–Crippen MR) is 528 cm³/mol. The summed E-state index contributed by atoms with van der Waals surface area (Å²) in [4.78, 5) is 0. The molecule has 15 rings (SSSR count). The van der Waals surface area contributed by atoms with E-state index in [2.05, 4.69) is 190 Å². The van der Waals surface area contributed by atoms with Crippen LogP contribution < -0.4 is 33.2 Å². The van der Waals surface area contributed by atoms with Crippen LogP contribution >= 0.6 is 0 Å². The third kappa shape index (κ3) is 22.4. The molecule has 10 aromatic carbocycles. The number of aryl methyl sites for hydroxylation is 19. The number of benzene rings is 10. The SMILES string of the molecule is [2H]C([2H])([2H])c1c[n+](C)c(-c2cc(-c3ccccc3)c(C([2H])([2H])[2H])cc2C)cc1C.[2H]C([2H])([2H])c1cc(C)c(-c2cc(C)c([Si](C)(C)C)c[n+]2C)cc1-c1ccccc1.[2H]C([2H])([2H])c1cc(C)c(-c2cc(C)cc[n+]2C)cc1-c1ccccc1.[2H]C([2H])([2H])c1cc(C)c(-c2ccc([Si](C)(C)C)c[n+]2C)cc1-c1ccccc1.[2H]C([2H])(c1c[n+](C)c(-c2cc(-c3ccccc3)ccc2C)cc1C)C(C)(C)C. The van der Waals surface area contributed by atoms with Gasteiger partial charge in [-0.2, -0.15) is 0 Å². The zero-order chi connectivity index (χ0) is 103. The minimum atomic E-state index is -2.24. The van der Waals surface area contributed by atoms with Crippen LogP contribution in [-0.4, -0.2) is 16.1 Å². The number of pyridine rings is 5. The minimum absolute atomic E-state index is 0.309. The molecular formula is C115H134N5Si2+5. The van der Waals surface area contributed by atoms with Crippen molar-refractivity contribution in [1.29, 1.82) is 0 Å². The second-order valence-corrected chi connectivity index (χ2v) is 45.9. The summed E-state index contributed by atoms with van der Waals surface area (Å²) in [5, 5.41) is 2.85. The summed E-state index contributed by atoms with van der Waals surface area (Å²) >= 11 is 0. The minimum Gasteiger partial charge on any atom is -0.201 e. The summed E-state index contributed by atoms with van der Waals surface area (Å²) in [5.41, 5.74) is 30.6. The molecule has 0 fully saturated rings. The first-order chi connectivity index (χ1) is 64.6. The van der Waals surface area contributed by atoms with Gasteiger partial charge in [-0.15, -0.1) is 0 Å². The van der Waals surface area contributed by atoms with Crippen LogP contribution in [0.1, 0.15) is 128 Å². The molecule has 0 unspecified atom stereocenters. The largest absolute Gasteiger partial charge is 0.212 e. The fraction of sp³-hybridized carbons (Fsp3) is 0.261. The average molecular weight is 1660 g/mol. The Balaban J connectivity index is 0.000000167. The molecule has 122 heavy (non-hydrogen) atoms. The molecule has 0 saturated carbocycles. The highest BCUT2D eigenvalue weighted by Gasteiger charge is 2.28. The summed E-state index contributed by atoms with van der Waals surface area (Å²) in [6, 6.07) is 85.7. The van der Waals surface area contributed by atoms with Gasteiger partial charge in [0.1, 0.15) is 35.2 Å².